The molecule has 12 heteroatoms. The van der Waals surface area contributed by atoms with Crippen molar-refractivity contribution < 1.29 is 0 Å². The second kappa shape index (κ2) is 22.0. The van der Waals surface area contributed by atoms with E-state index in [1.165, 1.54) is 44.0 Å². The highest BCUT2D eigenvalue weighted by Crippen LogP contribution is 2.45. The van der Waals surface area contributed by atoms with Gasteiger partial charge in [0.25, 0.3) is 0 Å². The molecule has 0 radical (unpaired) electrons. The average molecular weight is 1030 g/mol. The number of hydrogen-bond acceptors (Lipinski definition) is 8. The third-order valence-electron chi connectivity index (χ3n) is 16.3. The lowest BCUT2D eigenvalue weighted by atomic mass is 9.90. The van der Waals surface area contributed by atoms with Crippen molar-refractivity contribution in [3.8, 4) is 11.1 Å². The lowest BCUT2D eigenvalue weighted by Crippen LogP contribution is -2.28. The molecule has 0 saturated carbocycles. The maximum atomic E-state index is 5.11. The van der Waals surface area contributed by atoms with Crippen molar-refractivity contribution in [3.05, 3.63) is 193 Å². The van der Waals surface area contributed by atoms with Gasteiger partial charge in [-0.3, -0.25) is 9.80 Å². The third-order valence-corrected chi connectivity index (χ3v) is 16.3. The van der Waals surface area contributed by atoms with Crippen molar-refractivity contribution in [1.82, 2.24) is 48.0 Å². The Bertz CT molecular complexity index is 3660. The summed E-state index contributed by atoms with van der Waals surface area (Å²) in [6.07, 6.45) is 4.10. The summed E-state index contributed by atoms with van der Waals surface area (Å²) in [6.45, 7) is 6.60. The minimum atomic E-state index is 0.736. The summed E-state index contributed by atoms with van der Waals surface area (Å²) in [7, 11) is 13.1. The minimum absolute atomic E-state index is 0.736. The van der Waals surface area contributed by atoms with Crippen LogP contribution in [0.1, 0.15) is 49.0 Å². The normalized spacial score (nSPS) is 12.1. The van der Waals surface area contributed by atoms with Crippen LogP contribution >= 0.6 is 0 Å². The van der Waals surface area contributed by atoms with Crippen LogP contribution in [0, 0.1) is 0 Å². The van der Waals surface area contributed by atoms with E-state index in [4.69, 9.17) is 19.9 Å². The summed E-state index contributed by atoms with van der Waals surface area (Å²) in [6, 6.07) is 60.9. The molecule has 0 aliphatic heterocycles. The van der Waals surface area contributed by atoms with Crippen LogP contribution in [0.2, 0.25) is 0 Å². The molecule has 78 heavy (non-hydrogen) atoms. The van der Waals surface area contributed by atoms with Gasteiger partial charge in [0.1, 0.15) is 23.3 Å². The molecule has 0 aliphatic carbocycles. The standard InChI is InChI=1S/C66H70N12/c1-71(39-19-21-41-77(43-61-67-51-27-11-15-31-55(51)73(61)3)44-62-68-52-28-12-16-32-56(52)74(62)4)59-37-35-47-23-7-9-25-49(47)65(59)66-50-26-10-8-24-48(50)36-38-60(66)72(2)40-20-22-42-78(45-63-69-53-29-13-17-33-57(53)75(63)5)46-64-70-54-30-14-18-34-58(54)76(64)6/h7-18,23-38H,19-22,39-46H2,1-6H3. The second-order valence-corrected chi connectivity index (χ2v) is 21.3. The first kappa shape index (κ1) is 50.5. The Kier molecular flexibility index (Phi) is 14.2. The summed E-state index contributed by atoms with van der Waals surface area (Å²) in [4.78, 5) is 30.5. The molecular weight excluding hydrogens is 961 g/mol. The first-order chi connectivity index (χ1) is 38.2. The Morgan fingerprint density at radius 3 is 0.923 bits per heavy atom. The molecule has 0 fully saturated rings. The van der Waals surface area contributed by atoms with Crippen molar-refractivity contribution in [2.75, 3.05) is 50.1 Å². The van der Waals surface area contributed by atoms with Gasteiger partial charge in [0.05, 0.1) is 70.3 Å². The summed E-state index contributed by atoms with van der Waals surface area (Å²) in [5, 5.41) is 5.02. The van der Waals surface area contributed by atoms with E-state index in [1.54, 1.807) is 0 Å². The molecular formula is C66H70N12. The fourth-order valence-corrected chi connectivity index (χ4v) is 11.9. The Balaban J connectivity index is 0.790. The van der Waals surface area contributed by atoms with Gasteiger partial charge in [-0.25, -0.2) is 19.9 Å². The molecule has 0 aliphatic rings. The topological polar surface area (TPSA) is 84.2 Å². The van der Waals surface area contributed by atoms with E-state index in [-0.39, 0.29) is 0 Å². The van der Waals surface area contributed by atoms with Crippen molar-refractivity contribution >= 4 is 77.1 Å². The minimum Gasteiger partial charge on any atom is -0.374 e. The number of para-hydroxylation sites is 8. The van der Waals surface area contributed by atoms with E-state index >= 15 is 0 Å². The lowest BCUT2D eigenvalue weighted by molar-refractivity contribution is 0.236. The van der Waals surface area contributed by atoms with Gasteiger partial charge in [0.15, 0.2) is 0 Å². The van der Waals surface area contributed by atoms with Gasteiger partial charge >= 0.3 is 0 Å². The van der Waals surface area contributed by atoms with Gasteiger partial charge in [-0.15, -0.1) is 0 Å². The summed E-state index contributed by atoms with van der Waals surface area (Å²) >= 11 is 0. The van der Waals surface area contributed by atoms with Gasteiger partial charge in [-0.2, -0.15) is 0 Å². The van der Waals surface area contributed by atoms with Gasteiger partial charge in [-0.05, 0) is 121 Å². The largest absolute Gasteiger partial charge is 0.374 e. The number of imidazole rings is 4. The van der Waals surface area contributed by atoms with Crippen LogP contribution in [0.15, 0.2) is 170 Å². The number of anilines is 2. The van der Waals surface area contributed by atoms with Crippen LogP contribution in [-0.4, -0.2) is 88.3 Å². The highest BCUT2D eigenvalue weighted by atomic mass is 15.2. The molecule has 12 nitrogen and oxygen atoms in total. The molecule has 0 unspecified atom stereocenters. The van der Waals surface area contributed by atoms with Crippen molar-refractivity contribution in [1.29, 1.82) is 0 Å². The van der Waals surface area contributed by atoms with Gasteiger partial charge < -0.3 is 28.1 Å². The fraction of sp³-hybridized carbons (Fsp3) is 0.273. The molecule has 0 saturated heterocycles. The van der Waals surface area contributed by atoms with E-state index in [1.807, 2.05) is 0 Å². The Morgan fingerprint density at radius 2 is 0.603 bits per heavy atom. The van der Waals surface area contributed by atoms with Crippen LogP contribution in [0.25, 0.3) is 76.8 Å². The van der Waals surface area contributed by atoms with E-state index in [0.29, 0.717) is 0 Å². The smallest absolute Gasteiger partial charge is 0.123 e. The molecule has 4 aromatic heterocycles. The highest BCUT2D eigenvalue weighted by molar-refractivity contribution is 6.13. The summed E-state index contributed by atoms with van der Waals surface area (Å²) in [5.74, 6) is 4.26. The molecule has 0 atom stereocenters. The van der Waals surface area contributed by atoms with Crippen LogP contribution in [-0.2, 0) is 54.4 Å². The molecule has 0 spiro atoms. The molecule has 0 N–H and O–H groups in total. The van der Waals surface area contributed by atoms with Crippen LogP contribution in [0.3, 0.4) is 0 Å². The summed E-state index contributed by atoms with van der Waals surface area (Å²) in [5.41, 5.74) is 13.8. The first-order valence-electron chi connectivity index (χ1n) is 27.7. The first-order valence-corrected chi connectivity index (χ1v) is 27.7. The Hall–Kier alpha value is -8.32. The van der Waals surface area contributed by atoms with E-state index in [2.05, 4.69) is 250 Å². The SMILES string of the molecule is CN(CCCCN(Cc1nc2ccccc2n1C)Cc1nc2ccccc2n1C)c1ccc2ccccc2c1-c1c(N(C)CCCCN(Cc2nc3ccccc3n2C)Cc2nc3ccccc3n2C)ccc2ccccc12. The van der Waals surface area contributed by atoms with Gasteiger partial charge in [0.2, 0.25) is 0 Å². The monoisotopic (exact) mass is 1030 g/mol. The number of nitrogens with zero attached hydrogens (tertiary/aromatic N) is 12. The molecule has 4 heterocycles. The molecule has 394 valence electrons. The number of unbranched alkanes of at least 4 members (excludes halogenated alkanes) is 2. The molecule has 0 amide bonds. The zero-order valence-electron chi connectivity index (χ0n) is 46.0. The molecule has 12 aromatic rings. The second-order valence-electron chi connectivity index (χ2n) is 21.3. The van der Waals surface area contributed by atoms with E-state index < -0.39 is 0 Å². The maximum Gasteiger partial charge on any atom is 0.123 e. The highest BCUT2D eigenvalue weighted by Gasteiger charge is 2.23. The third kappa shape index (κ3) is 9.98. The number of aryl methyl sites for hydroxylation is 4. The van der Waals surface area contributed by atoms with E-state index in [0.717, 1.165) is 145 Å². The van der Waals surface area contributed by atoms with Crippen molar-refractivity contribution in [3.63, 3.8) is 0 Å². The Morgan fingerprint density at radius 1 is 0.321 bits per heavy atom. The van der Waals surface area contributed by atoms with Crippen LogP contribution in [0.4, 0.5) is 11.4 Å². The molecule has 12 rings (SSSR count). The zero-order chi connectivity index (χ0) is 53.3. The number of aromatic nitrogens is 8. The number of benzene rings is 8. The fourth-order valence-electron chi connectivity index (χ4n) is 11.9. The lowest BCUT2D eigenvalue weighted by Gasteiger charge is -2.29. The van der Waals surface area contributed by atoms with E-state index in [9.17, 15) is 0 Å². The predicted molar refractivity (Wildman–Crippen MR) is 323 cm³/mol. The number of hydrogen-bond donors (Lipinski definition) is 0. The van der Waals surface area contributed by atoms with Crippen LogP contribution < -0.4 is 9.80 Å². The number of rotatable bonds is 21. The van der Waals surface area contributed by atoms with Crippen molar-refractivity contribution in [2.45, 2.75) is 51.9 Å². The van der Waals surface area contributed by atoms with Crippen LogP contribution in [0.5, 0.6) is 0 Å². The maximum absolute atomic E-state index is 5.11. The van der Waals surface area contributed by atoms with Crippen molar-refractivity contribution in [2.24, 2.45) is 28.2 Å². The zero-order valence-corrected chi connectivity index (χ0v) is 46.0. The molecule has 8 aromatic carbocycles. The molecule has 0 bridgehead atoms. The predicted octanol–water partition coefficient (Wildman–Crippen LogP) is 13.0. The summed E-state index contributed by atoms with van der Waals surface area (Å²) < 4.78 is 8.99. The Labute approximate surface area is 457 Å². The quantitative estimate of drug-likeness (QED) is 0.0658. The van der Waals surface area contributed by atoms with Gasteiger partial charge in [-0.1, -0.05) is 109 Å². The number of fused-ring (bicyclic) bond motifs is 6. The average Bonchev–Trinajstić information content (AvgIpc) is 4.26. The van der Waals surface area contributed by atoms with Gasteiger partial charge in [0, 0.05) is 77.9 Å².